The lowest BCUT2D eigenvalue weighted by molar-refractivity contribution is -0.00159. The maximum atomic E-state index is 13.6. The van der Waals surface area contributed by atoms with Gasteiger partial charge in [0.1, 0.15) is 16.4 Å². The highest BCUT2D eigenvalue weighted by atomic mass is 32.2. The first-order chi connectivity index (χ1) is 18.4. The third-order valence-corrected chi connectivity index (χ3v) is 7.97. The number of ketones is 1. The fourth-order valence-electron chi connectivity index (χ4n) is 4.12. The van der Waals surface area contributed by atoms with Crippen LogP contribution >= 0.6 is 0 Å². The van der Waals surface area contributed by atoms with Crippen molar-refractivity contribution < 1.29 is 27.5 Å². The molecule has 202 valence electrons. The van der Waals surface area contributed by atoms with E-state index in [1.807, 2.05) is 24.3 Å². The summed E-state index contributed by atoms with van der Waals surface area (Å²) in [5, 5.41) is 0.708. The highest BCUT2D eigenvalue weighted by molar-refractivity contribution is 8.08. The molecule has 0 unspecified atom stereocenters. The maximum absolute atomic E-state index is 13.6. The van der Waals surface area contributed by atoms with E-state index in [0.29, 0.717) is 19.0 Å². The predicted octanol–water partition coefficient (Wildman–Crippen LogP) is 7.04. The first-order valence-corrected chi connectivity index (χ1v) is 14.8. The van der Waals surface area contributed by atoms with Gasteiger partial charge in [-0.3, -0.25) is 4.79 Å². The fourth-order valence-corrected chi connectivity index (χ4v) is 5.43. The van der Waals surface area contributed by atoms with Gasteiger partial charge in [0.25, 0.3) is 15.6 Å². The number of rotatable bonds is 15. The van der Waals surface area contributed by atoms with Gasteiger partial charge in [-0.25, -0.2) is 8.42 Å². The number of carbonyl (C=O) groups excluding carboxylic acids is 1. The van der Waals surface area contributed by atoms with Crippen molar-refractivity contribution in [2.75, 3.05) is 13.2 Å². The molecule has 38 heavy (non-hydrogen) atoms. The van der Waals surface area contributed by atoms with Crippen molar-refractivity contribution in [3.8, 4) is 11.5 Å². The van der Waals surface area contributed by atoms with Crippen molar-refractivity contribution in [3.63, 3.8) is 0 Å². The molecule has 0 aliphatic carbocycles. The van der Waals surface area contributed by atoms with Crippen LogP contribution in [0.4, 0.5) is 0 Å². The molecule has 0 saturated heterocycles. The molecule has 3 rings (SSSR count). The lowest BCUT2D eigenvalue weighted by Gasteiger charge is -2.13. The summed E-state index contributed by atoms with van der Waals surface area (Å²) in [6.07, 6.45) is 8.02. The first kappa shape index (κ1) is 29.1. The molecule has 0 aromatic heterocycles. The molecule has 0 bridgehead atoms. The van der Waals surface area contributed by atoms with E-state index in [0.717, 1.165) is 62.1 Å². The number of ether oxygens (including phenoxy) is 2. The van der Waals surface area contributed by atoms with Crippen LogP contribution in [-0.2, 0) is 9.84 Å². The van der Waals surface area contributed by atoms with E-state index in [1.165, 1.54) is 24.3 Å². The van der Waals surface area contributed by atoms with Crippen LogP contribution < -0.4 is 9.47 Å². The third kappa shape index (κ3) is 7.53. The molecule has 0 heterocycles. The molecule has 0 N–H and O–H groups in total. The van der Waals surface area contributed by atoms with Gasteiger partial charge in [-0.15, -0.1) is 4.79 Å². The number of sulfone groups is 1. The lowest BCUT2D eigenvalue weighted by atomic mass is 10.0. The Morgan fingerprint density at radius 3 is 2.11 bits per heavy atom. The first-order valence-electron chi connectivity index (χ1n) is 13.3. The van der Waals surface area contributed by atoms with E-state index in [9.17, 15) is 18.7 Å². The number of nitrogens with zero attached hydrogens (tertiary/aromatic N) is 2. The smallest absolute Gasteiger partial charge is 0.457 e. The van der Waals surface area contributed by atoms with Crippen LogP contribution in [0.5, 0.6) is 11.5 Å². The Bertz CT molecular complexity index is 1390. The molecule has 3 aromatic rings. The molecule has 0 spiro atoms. The van der Waals surface area contributed by atoms with Crippen LogP contribution in [0.2, 0.25) is 0 Å². The van der Waals surface area contributed by atoms with E-state index < -0.39 is 20.7 Å². The van der Waals surface area contributed by atoms with Gasteiger partial charge < -0.3 is 15.0 Å². The van der Waals surface area contributed by atoms with Crippen LogP contribution in [-0.4, -0.2) is 37.2 Å². The van der Waals surface area contributed by atoms with Crippen LogP contribution in [0, 0.1) is 0 Å². The highest BCUT2D eigenvalue weighted by Gasteiger charge is 2.40. The Morgan fingerprint density at radius 1 is 0.789 bits per heavy atom. The maximum Gasteiger partial charge on any atom is 0.457 e. The molecular formula is C30H36N2O5S. The molecule has 8 heteroatoms. The molecule has 0 amide bonds. The second-order valence-electron chi connectivity index (χ2n) is 9.23. The van der Waals surface area contributed by atoms with Gasteiger partial charge in [0, 0.05) is 11.6 Å². The number of carbonyl (C=O) groups is 1. The number of unbranched alkanes of at least 4 members (excludes halogenated alkanes) is 6. The topological polar surface area (TPSA) is 106 Å². The van der Waals surface area contributed by atoms with Crippen molar-refractivity contribution in [1.29, 1.82) is 0 Å². The summed E-state index contributed by atoms with van der Waals surface area (Å²) < 4.78 is 38.9. The predicted molar refractivity (Wildman–Crippen MR) is 150 cm³/mol. The Hall–Kier alpha value is -3.48. The van der Waals surface area contributed by atoms with Crippen LogP contribution in [0.25, 0.3) is 16.3 Å². The van der Waals surface area contributed by atoms with Gasteiger partial charge in [0.2, 0.25) is 0 Å². The van der Waals surface area contributed by atoms with Crippen molar-refractivity contribution in [2.24, 2.45) is 0 Å². The van der Waals surface area contributed by atoms with E-state index in [2.05, 4.69) is 18.6 Å². The quantitative estimate of drug-likeness (QED) is 0.0517. The van der Waals surface area contributed by atoms with Gasteiger partial charge in [0.15, 0.2) is 0 Å². The molecule has 3 aromatic carbocycles. The van der Waals surface area contributed by atoms with Crippen molar-refractivity contribution in [2.45, 2.75) is 70.1 Å². The molecule has 0 aliphatic heterocycles. The lowest BCUT2D eigenvalue weighted by Crippen LogP contribution is -2.26. The minimum Gasteiger partial charge on any atom is -0.493 e. The monoisotopic (exact) mass is 536 g/mol. The number of hydrogen-bond donors (Lipinski definition) is 0. The van der Waals surface area contributed by atoms with E-state index in [-0.39, 0.29) is 16.2 Å². The zero-order valence-corrected chi connectivity index (χ0v) is 23.0. The molecule has 0 fully saturated rings. The Balaban J connectivity index is 1.89. The summed E-state index contributed by atoms with van der Waals surface area (Å²) in [4.78, 5) is 15.9. The average Bonchev–Trinajstić information content (AvgIpc) is 2.92. The zero-order valence-electron chi connectivity index (χ0n) is 22.2. The van der Waals surface area contributed by atoms with Gasteiger partial charge in [-0.05, 0) is 41.8 Å². The third-order valence-electron chi connectivity index (χ3n) is 6.28. The summed E-state index contributed by atoms with van der Waals surface area (Å²) >= 11 is 0. The minimum atomic E-state index is -4.51. The Morgan fingerprint density at radius 2 is 1.45 bits per heavy atom. The van der Waals surface area contributed by atoms with Crippen LogP contribution in [0.3, 0.4) is 0 Å². The van der Waals surface area contributed by atoms with E-state index >= 15 is 0 Å². The SMILES string of the molecule is CCCCCCOc1ccc(S(=O)(=O)C(=[N+]=[N-])C(=O)c2ccc3ccccc3c2)c(OCCCCCC)c1. The normalized spacial score (nSPS) is 11.2. The number of Topliss-reactive ketones (excluding diaryl/α,β-unsaturated/α-hetero) is 1. The van der Waals surface area contributed by atoms with Gasteiger partial charge >= 0.3 is 5.04 Å². The van der Waals surface area contributed by atoms with E-state index in [4.69, 9.17) is 9.47 Å². The summed E-state index contributed by atoms with van der Waals surface area (Å²) in [5.74, 6) is -0.351. The molecule has 0 radical (unpaired) electrons. The van der Waals surface area contributed by atoms with E-state index in [1.54, 1.807) is 12.1 Å². The van der Waals surface area contributed by atoms with Gasteiger partial charge in [-0.1, -0.05) is 88.8 Å². The number of hydrogen-bond acceptors (Lipinski definition) is 5. The fraction of sp³-hybridized carbons (Fsp3) is 0.400. The number of fused-ring (bicyclic) bond motifs is 1. The van der Waals surface area contributed by atoms with Crippen LogP contribution in [0.1, 0.15) is 75.6 Å². The Kier molecular flexibility index (Phi) is 11.1. The standard InChI is InChI=1S/C30H36N2O5S/c1-3-5-7-11-19-36-26-17-18-28(27(22-26)37-20-12-8-6-4-2)38(34,35)30(32-31)29(33)25-16-15-23-13-9-10-14-24(23)21-25/h9-10,13-18,21-22H,3-8,11-12,19-20H2,1-2H3. The molecule has 7 nitrogen and oxygen atoms in total. The summed E-state index contributed by atoms with van der Waals surface area (Å²) in [7, 11) is -4.51. The van der Waals surface area contributed by atoms with Gasteiger partial charge in [0.05, 0.1) is 13.2 Å². The van der Waals surface area contributed by atoms with Crippen molar-refractivity contribution in [3.05, 3.63) is 71.8 Å². The molecule has 0 aliphatic rings. The Labute approximate surface area is 225 Å². The summed E-state index contributed by atoms with van der Waals surface area (Å²) in [6, 6.07) is 16.6. The molecule has 0 saturated carbocycles. The number of benzene rings is 3. The van der Waals surface area contributed by atoms with Crippen molar-refractivity contribution >= 4 is 31.4 Å². The second-order valence-corrected chi connectivity index (χ2v) is 11.1. The second kappa shape index (κ2) is 14.5. The zero-order chi connectivity index (χ0) is 27.4. The highest BCUT2D eigenvalue weighted by Crippen LogP contribution is 2.31. The largest absolute Gasteiger partial charge is 0.493 e. The molecular weight excluding hydrogens is 500 g/mol. The summed E-state index contributed by atoms with van der Waals surface area (Å²) in [5.41, 5.74) is 9.80. The van der Waals surface area contributed by atoms with Gasteiger partial charge in [-0.2, -0.15) is 0 Å². The molecule has 0 atom stereocenters. The summed E-state index contributed by atoms with van der Waals surface area (Å²) in [6.45, 7) is 5.06. The van der Waals surface area contributed by atoms with Crippen LogP contribution in [0.15, 0.2) is 65.6 Å². The minimum absolute atomic E-state index is 0.0695. The average molecular weight is 537 g/mol. The van der Waals surface area contributed by atoms with Crippen molar-refractivity contribution in [1.82, 2.24) is 0 Å².